The first-order valence-electron chi connectivity index (χ1n) is 7.83. The molecule has 0 fully saturated rings. The predicted molar refractivity (Wildman–Crippen MR) is 86.3 cm³/mol. The lowest BCUT2D eigenvalue weighted by molar-refractivity contribution is -0.132. The molecule has 10 nitrogen and oxygen atoms in total. The Hall–Kier alpha value is -2.20. The average molecular weight is 378 g/mol. The normalized spacial score (nSPS) is 15.2. The van der Waals surface area contributed by atoms with Gasteiger partial charge in [0.15, 0.2) is 0 Å². The van der Waals surface area contributed by atoms with Crippen molar-refractivity contribution in [3.8, 4) is 0 Å². The van der Waals surface area contributed by atoms with Crippen LogP contribution in [0.25, 0.3) is 0 Å². The van der Waals surface area contributed by atoms with Gasteiger partial charge in [0.05, 0.1) is 24.0 Å². The van der Waals surface area contributed by atoms with E-state index < -0.39 is 36.4 Å². The smallest absolute Gasteiger partial charge is 0.433 e. The highest BCUT2D eigenvalue weighted by atomic mass is 16.7. The monoisotopic (exact) mass is 378 g/mol. The van der Waals surface area contributed by atoms with E-state index in [1.54, 1.807) is 0 Å². The van der Waals surface area contributed by atoms with E-state index in [-0.39, 0.29) is 38.0 Å². The maximum Gasteiger partial charge on any atom is 0.508 e. The number of carbonyl (C=O) groups excluding carboxylic acids is 4. The van der Waals surface area contributed by atoms with Gasteiger partial charge in [-0.3, -0.25) is 9.59 Å². The van der Waals surface area contributed by atoms with Crippen LogP contribution in [0.4, 0.5) is 9.59 Å². The summed E-state index contributed by atoms with van der Waals surface area (Å²) in [5.41, 5.74) is -2.43. The summed E-state index contributed by atoms with van der Waals surface area (Å²) >= 11 is 0. The van der Waals surface area contributed by atoms with Crippen LogP contribution >= 0.6 is 0 Å². The first-order valence-corrected chi connectivity index (χ1v) is 7.83. The molecule has 0 aliphatic rings. The van der Waals surface area contributed by atoms with Crippen molar-refractivity contribution in [3.05, 3.63) is 0 Å². The van der Waals surface area contributed by atoms with Crippen molar-refractivity contribution in [2.24, 2.45) is 10.8 Å². The first-order chi connectivity index (χ1) is 12.0. The van der Waals surface area contributed by atoms with Gasteiger partial charge in [0.2, 0.25) is 0 Å². The maximum atomic E-state index is 11.4. The number of hydrogen-bond donors (Lipinski definition) is 2. The van der Waals surface area contributed by atoms with Crippen molar-refractivity contribution in [2.45, 2.75) is 27.7 Å². The summed E-state index contributed by atoms with van der Waals surface area (Å²) < 4.78 is 18.7. The van der Waals surface area contributed by atoms with E-state index in [4.69, 9.17) is 19.7 Å². The quantitative estimate of drug-likeness (QED) is 0.384. The fraction of sp³-hybridized carbons (Fsp3) is 0.750. The van der Waals surface area contributed by atoms with Crippen molar-refractivity contribution in [2.75, 3.05) is 39.6 Å². The summed E-state index contributed by atoms with van der Waals surface area (Å²) in [5, 5.41) is 18.3. The minimum Gasteiger partial charge on any atom is -0.433 e. The predicted octanol–water partition coefficient (Wildman–Crippen LogP) is 0.468. The van der Waals surface area contributed by atoms with Crippen LogP contribution in [0.2, 0.25) is 0 Å². The molecule has 2 atom stereocenters. The van der Waals surface area contributed by atoms with Crippen molar-refractivity contribution in [1.29, 1.82) is 0 Å². The number of Topliss-reactive ketones (excluding diaryl/α,β-unsaturated/α-hetero) is 2. The van der Waals surface area contributed by atoms with Crippen LogP contribution in [0.15, 0.2) is 0 Å². The Morgan fingerprint density at radius 2 is 1.00 bits per heavy atom. The van der Waals surface area contributed by atoms with Crippen LogP contribution in [0.1, 0.15) is 27.7 Å². The molecule has 26 heavy (non-hydrogen) atoms. The lowest BCUT2D eigenvalue weighted by Crippen LogP contribution is -2.36. The molecule has 0 aliphatic carbocycles. The number of aliphatic hydroxyl groups is 2. The van der Waals surface area contributed by atoms with Crippen LogP contribution in [-0.2, 0) is 28.5 Å². The van der Waals surface area contributed by atoms with Gasteiger partial charge in [0, 0.05) is 0 Å². The minimum atomic E-state index is -1.21. The Balaban J connectivity index is 4.05. The summed E-state index contributed by atoms with van der Waals surface area (Å²) in [4.78, 5) is 45.4. The Labute approximate surface area is 151 Å². The number of ketones is 2. The van der Waals surface area contributed by atoms with Crippen LogP contribution in [-0.4, -0.2) is 73.7 Å². The number of carbonyl (C=O) groups is 4. The van der Waals surface area contributed by atoms with E-state index in [2.05, 4.69) is 9.47 Å². The van der Waals surface area contributed by atoms with Crippen LogP contribution in [0, 0.1) is 10.8 Å². The van der Waals surface area contributed by atoms with Gasteiger partial charge in [-0.05, 0) is 27.7 Å². The molecular weight excluding hydrogens is 352 g/mol. The highest BCUT2D eigenvalue weighted by Gasteiger charge is 2.32. The van der Waals surface area contributed by atoms with Crippen molar-refractivity contribution >= 4 is 23.9 Å². The van der Waals surface area contributed by atoms with E-state index in [0.29, 0.717) is 0 Å². The van der Waals surface area contributed by atoms with Gasteiger partial charge >= 0.3 is 12.3 Å². The molecule has 2 unspecified atom stereocenters. The number of aliphatic hydroxyl groups excluding tert-OH is 2. The van der Waals surface area contributed by atoms with E-state index in [1.807, 2.05) is 0 Å². The van der Waals surface area contributed by atoms with E-state index in [1.165, 1.54) is 27.7 Å². The number of hydrogen-bond acceptors (Lipinski definition) is 10. The first kappa shape index (κ1) is 23.8. The van der Waals surface area contributed by atoms with Crippen molar-refractivity contribution in [3.63, 3.8) is 0 Å². The standard InChI is InChI=1S/C16H26O10/c1-11(19)15(3,7-17)9-25-13(21)23-5-6-24-14(22)26-10-16(4,8-18)12(2)20/h17-18H,5-10H2,1-4H3. The molecule has 10 heteroatoms. The van der Waals surface area contributed by atoms with Gasteiger partial charge in [-0.2, -0.15) is 0 Å². The molecule has 0 aromatic rings. The van der Waals surface area contributed by atoms with E-state index in [9.17, 15) is 19.2 Å². The highest BCUT2D eigenvalue weighted by Crippen LogP contribution is 2.18. The molecule has 0 aromatic heterocycles. The molecule has 0 bridgehead atoms. The second kappa shape index (κ2) is 10.7. The molecule has 0 radical (unpaired) electrons. The van der Waals surface area contributed by atoms with Gasteiger partial charge in [-0.25, -0.2) is 9.59 Å². The fourth-order valence-electron chi connectivity index (χ4n) is 1.29. The Morgan fingerprint density at radius 3 is 1.23 bits per heavy atom. The zero-order valence-corrected chi connectivity index (χ0v) is 15.4. The molecule has 0 saturated heterocycles. The van der Waals surface area contributed by atoms with Gasteiger partial charge in [-0.1, -0.05) is 0 Å². The Morgan fingerprint density at radius 1 is 0.692 bits per heavy atom. The maximum absolute atomic E-state index is 11.4. The molecule has 0 heterocycles. The van der Waals surface area contributed by atoms with Gasteiger partial charge in [0.25, 0.3) is 0 Å². The van der Waals surface area contributed by atoms with Crippen LogP contribution < -0.4 is 0 Å². The Bertz CT molecular complexity index is 471. The summed E-state index contributed by atoms with van der Waals surface area (Å²) in [6.45, 7) is 3.05. The van der Waals surface area contributed by atoms with Gasteiger partial charge in [-0.15, -0.1) is 0 Å². The molecule has 0 amide bonds. The minimum absolute atomic E-state index is 0.326. The molecule has 0 aromatic carbocycles. The third kappa shape index (κ3) is 7.79. The molecular formula is C16H26O10. The Kier molecular flexibility index (Phi) is 9.81. The molecule has 0 saturated carbocycles. The third-order valence-electron chi connectivity index (χ3n) is 3.94. The van der Waals surface area contributed by atoms with Crippen LogP contribution in [0.5, 0.6) is 0 Å². The molecule has 2 N–H and O–H groups in total. The molecule has 0 aliphatic heterocycles. The number of ether oxygens (including phenoxy) is 4. The van der Waals surface area contributed by atoms with E-state index >= 15 is 0 Å². The molecule has 0 spiro atoms. The largest absolute Gasteiger partial charge is 0.508 e. The lowest BCUT2D eigenvalue weighted by Gasteiger charge is -2.23. The highest BCUT2D eigenvalue weighted by molar-refractivity contribution is 5.83. The fourth-order valence-corrected chi connectivity index (χ4v) is 1.29. The zero-order chi connectivity index (χ0) is 20.4. The topological polar surface area (TPSA) is 146 Å². The summed E-state index contributed by atoms with van der Waals surface area (Å²) in [6.07, 6.45) is -2.18. The SMILES string of the molecule is CC(=O)C(C)(CO)COC(=O)OCCOC(=O)OCC(C)(CO)C(C)=O. The van der Waals surface area contributed by atoms with Gasteiger partial charge < -0.3 is 29.2 Å². The average Bonchev–Trinajstić information content (AvgIpc) is 2.60. The summed E-state index contributed by atoms with van der Waals surface area (Å²) in [6, 6.07) is 0. The van der Waals surface area contributed by atoms with Gasteiger partial charge in [0.1, 0.15) is 38.0 Å². The van der Waals surface area contributed by atoms with Crippen molar-refractivity contribution < 1.29 is 48.3 Å². The second-order valence-corrected chi connectivity index (χ2v) is 6.32. The number of rotatable bonds is 11. The van der Waals surface area contributed by atoms with Crippen molar-refractivity contribution in [1.82, 2.24) is 0 Å². The summed E-state index contributed by atoms with van der Waals surface area (Å²) in [7, 11) is 0. The third-order valence-corrected chi connectivity index (χ3v) is 3.94. The van der Waals surface area contributed by atoms with Crippen LogP contribution in [0.3, 0.4) is 0 Å². The molecule has 150 valence electrons. The summed E-state index contributed by atoms with van der Waals surface area (Å²) in [5.74, 6) is -0.696. The zero-order valence-electron chi connectivity index (χ0n) is 15.4. The lowest BCUT2D eigenvalue weighted by atomic mass is 9.88. The second-order valence-electron chi connectivity index (χ2n) is 6.32. The molecule has 0 rings (SSSR count). The van der Waals surface area contributed by atoms with E-state index in [0.717, 1.165) is 0 Å².